The van der Waals surface area contributed by atoms with Crippen molar-refractivity contribution in [3.05, 3.63) is 29.8 Å². The number of aryl methyl sites for hydroxylation is 1. The third-order valence-corrected chi connectivity index (χ3v) is 3.60. The molecule has 0 aliphatic carbocycles. The van der Waals surface area contributed by atoms with Crippen LogP contribution in [0.3, 0.4) is 0 Å². The highest BCUT2D eigenvalue weighted by atomic mass is 32.1. The van der Waals surface area contributed by atoms with E-state index in [2.05, 4.69) is 20.6 Å². The number of nitrogens with one attached hydrogen (secondary N) is 1. The van der Waals surface area contributed by atoms with Crippen LogP contribution in [0, 0.1) is 6.92 Å². The van der Waals surface area contributed by atoms with Crippen LogP contribution in [0.15, 0.2) is 24.3 Å². The number of anilines is 1. The number of carbonyl (C=O) groups is 1. The van der Waals surface area contributed by atoms with E-state index in [1.54, 1.807) is 4.52 Å². The smallest absolute Gasteiger partial charge is 0.252 e. The molecule has 0 aliphatic heterocycles. The van der Waals surface area contributed by atoms with E-state index in [-0.39, 0.29) is 12.5 Å². The van der Waals surface area contributed by atoms with Crippen molar-refractivity contribution in [1.29, 1.82) is 0 Å². The van der Waals surface area contributed by atoms with Crippen LogP contribution >= 0.6 is 11.3 Å². The van der Waals surface area contributed by atoms with Gasteiger partial charge in [0.15, 0.2) is 5.82 Å². The first-order valence-corrected chi connectivity index (χ1v) is 7.07. The fourth-order valence-corrected chi connectivity index (χ4v) is 2.67. The maximum Gasteiger partial charge on any atom is 0.252 e. The Bertz CT molecular complexity index is 795. The van der Waals surface area contributed by atoms with Crippen molar-refractivity contribution in [3.8, 4) is 11.4 Å². The average Bonchev–Trinajstić information content (AvgIpc) is 2.98. The molecule has 7 nitrogen and oxygen atoms in total. The molecule has 0 fully saturated rings. The lowest BCUT2D eigenvalue weighted by atomic mass is 10.1. The summed E-state index contributed by atoms with van der Waals surface area (Å²) in [5.41, 5.74) is 2.07. The van der Waals surface area contributed by atoms with Crippen molar-refractivity contribution in [3.63, 3.8) is 0 Å². The van der Waals surface area contributed by atoms with Crippen molar-refractivity contribution >= 4 is 27.3 Å². The molecule has 3 aromatic rings. The Balaban J connectivity index is 1.95. The van der Waals surface area contributed by atoms with E-state index in [1.165, 1.54) is 18.4 Å². The van der Waals surface area contributed by atoms with Crippen LogP contribution in [0.25, 0.3) is 16.3 Å². The molecule has 108 valence electrons. The molecule has 0 aliphatic rings. The highest BCUT2D eigenvalue weighted by Gasteiger charge is 2.14. The van der Waals surface area contributed by atoms with E-state index in [9.17, 15) is 4.79 Å². The van der Waals surface area contributed by atoms with Gasteiger partial charge in [-0.15, -0.1) is 15.3 Å². The molecular formula is C13H13N5O2S. The van der Waals surface area contributed by atoms with Crippen molar-refractivity contribution in [2.45, 2.75) is 6.92 Å². The van der Waals surface area contributed by atoms with E-state index >= 15 is 0 Å². The maximum atomic E-state index is 11.5. The molecule has 8 heteroatoms. The van der Waals surface area contributed by atoms with Crippen molar-refractivity contribution in [1.82, 2.24) is 19.8 Å². The number of hydrogen-bond acceptors (Lipinski definition) is 6. The van der Waals surface area contributed by atoms with E-state index in [1.807, 2.05) is 31.2 Å². The van der Waals surface area contributed by atoms with Gasteiger partial charge in [0.2, 0.25) is 10.1 Å². The van der Waals surface area contributed by atoms with Crippen LogP contribution in [-0.2, 0) is 9.53 Å². The molecule has 0 saturated heterocycles. The fraction of sp³-hybridized carbons (Fsp3) is 0.231. The van der Waals surface area contributed by atoms with Crippen molar-refractivity contribution in [2.24, 2.45) is 0 Å². The topological polar surface area (TPSA) is 81.4 Å². The van der Waals surface area contributed by atoms with E-state index in [0.29, 0.717) is 15.9 Å². The maximum absolute atomic E-state index is 11.5. The quantitative estimate of drug-likeness (QED) is 0.794. The molecule has 1 N–H and O–H groups in total. The highest BCUT2D eigenvalue weighted by Crippen LogP contribution is 2.24. The van der Waals surface area contributed by atoms with Gasteiger partial charge in [-0.25, -0.2) is 0 Å². The minimum Gasteiger partial charge on any atom is -0.375 e. The molecule has 0 saturated carbocycles. The lowest BCUT2D eigenvalue weighted by molar-refractivity contribution is -0.119. The van der Waals surface area contributed by atoms with Crippen LogP contribution in [0.5, 0.6) is 0 Å². The number of carbonyl (C=O) groups excluding carboxylic acids is 1. The van der Waals surface area contributed by atoms with Crippen LogP contribution in [-0.4, -0.2) is 39.4 Å². The number of nitrogens with zero attached hydrogens (tertiary/aromatic N) is 4. The predicted octanol–water partition coefficient (Wildman–Crippen LogP) is 1.75. The number of aromatic nitrogens is 4. The third kappa shape index (κ3) is 2.76. The molecule has 2 heterocycles. The lowest BCUT2D eigenvalue weighted by Gasteiger charge is -1.99. The Hall–Kier alpha value is -2.32. The standard InChI is InChI=1S/C13H13N5O2S/c1-8-4-3-5-9(6-8)11-15-16-13-18(11)17-12(21-13)14-10(19)7-20-2/h3-6H,7H2,1-2H3,(H,14,17,19). The van der Waals surface area contributed by atoms with Gasteiger partial charge in [-0.3, -0.25) is 10.1 Å². The number of rotatable bonds is 4. The minimum absolute atomic E-state index is 0.00905. The zero-order valence-electron chi connectivity index (χ0n) is 11.5. The molecule has 2 aromatic heterocycles. The fourth-order valence-electron chi connectivity index (χ4n) is 1.92. The van der Waals surface area contributed by atoms with E-state index in [0.717, 1.165) is 11.1 Å². The highest BCUT2D eigenvalue weighted by molar-refractivity contribution is 7.20. The molecule has 21 heavy (non-hydrogen) atoms. The van der Waals surface area contributed by atoms with Gasteiger partial charge in [0.1, 0.15) is 6.61 Å². The van der Waals surface area contributed by atoms with Gasteiger partial charge in [0.25, 0.3) is 5.91 Å². The van der Waals surface area contributed by atoms with Gasteiger partial charge >= 0.3 is 0 Å². The van der Waals surface area contributed by atoms with Crippen LogP contribution in [0.4, 0.5) is 5.13 Å². The number of benzene rings is 1. The van der Waals surface area contributed by atoms with Crippen molar-refractivity contribution in [2.75, 3.05) is 19.0 Å². The summed E-state index contributed by atoms with van der Waals surface area (Å²) in [6, 6.07) is 7.93. The van der Waals surface area contributed by atoms with Gasteiger partial charge in [-0.2, -0.15) is 4.52 Å². The van der Waals surface area contributed by atoms with Gasteiger partial charge < -0.3 is 4.74 Å². The average molecular weight is 303 g/mol. The van der Waals surface area contributed by atoms with Crippen molar-refractivity contribution < 1.29 is 9.53 Å². The van der Waals surface area contributed by atoms with E-state index < -0.39 is 0 Å². The van der Waals surface area contributed by atoms with Gasteiger partial charge in [-0.05, 0) is 13.0 Å². The molecular weight excluding hydrogens is 290 g/mol. The third-order valence-electron chi connectivity index (χ3n) is 2.79. The summed E-state index contributed by atoms with van der Waals surface area (Å²) in [7, 11) is 1.47. The molecule has 0 unspecified atom stereocenters. The summed E-state index contributed by atoms with van der Waals surface area (Å²) < 4.78 is 6.39. The first-order chi connectivity index (χ1) is 10.2. The normalized spacial score (nSPS) is 11.0. The Morgan fingerprint density at radius 3 is 3.05 bits per heavy atom. The molecule has 0 radical (unpaired) electrons. The second-order valence-electron chi connectivity index (χ2n) is 4.48. The lowest BCUT2D eigenvalue weighted by Crippen LogP contribution is -2.17. The molecule has 0 bridgehead atoms. The summed E-state index contributed by atoms with van der Waals surface area (Å²) in [5.74, 6) is 0.400. The Kier molecular flexibility index (Phi) is 3.63. The van der Waals surface area contributed by atoms with Crippen LogP contribution < -0.4 is 5.32 Å². The molecule has 0 spiro atoms. The van der Waals surface area contributed by atoms with E-state index in [4.69, 9.17) is 4.74 Å². The first-order valence-electron chi connectivity index (χ1n) is 6.25. The first kappa shape index (κ1) is 13.7. The second kappa shape index (κ2) is 5.58. The molecule has 3 rings (SSSR count). The zero-order chi connectivity index (χ0) is 14.8. The number of ether oxygens (including phenoxy) is 1. The summed E-state index contributed by atoms with van der Waals surface area (Å²) in [6.07, 6.45) is 0. The predicted molar refractivity (Wildman–Crippen MR) is 79.3 cm³/mol. The largest absolute Gasteiger partial charge is 0.375 e. The van der Waals surface area contributed by atoms with Gasteiger partial charge in [-0.1, -0.05) is 35.1 Å². The number of amides is 1. The summed E-state index contributed by atoms with van der Waals surface area (Å²) in [4.78, 5) is 12.1. The number of methoxy groups -OCH3 is 1. The summed E-state index contributed by atoms with van der Waals surface area (Å²) >= 11 is 1.26. The molecule has 1 aromatic carbocycles. The van der Waals surface area contributed by atoms with Gasteiger partial charge in [0.05, 0.1) is 0 Å². The van der Waals surface area contributed by atoms with Crippen LogP contribution in [0.2, 0.25) is 0 Å². The van der Waals surface area contributed by atoms with Gasteiger partial charge in [0, 0.05) is 12.7 Å². The monoisotopic (exact) mass is 303 g/mol. The molecule has 1 amide bonds. The molecule has 0 atom stereocenters. The minimum atomic E-state index is -0.250. The second-order valence-corrected chi connectivity index (χ2v) is 5.43. The Morgan fingerprint density at radius 2 is 2.29 bits per heavy atom. The Morgan fingerprint density at radius 1 is 1.43 bits per heavy atom. The summed E-state index contributed by atoms with van der Waals surface area (Å²) in [5, 5.41) is 15.7. The summed E-state index contributed by atoms with van der Waals surface area (Å²) in [6.45, 7) is 2.00. The zero-order valence-corrected chi connectivity index (χ0v) is 12.3. The SMILES string of the molecule is COCC(=O)Nc1nn2c(-c3cccc(C)c3)nnc2s1. The Labute approximate surface area is 124 Å². The number of hydrogen-bond donors (Lipinski definition) is 1. The van der Waals surface area contributed by atoms with Crippen LogP contribution in [0.1, 0.15) is 5.56 Å². The number of fused-ring (bicyclic) bond motifs is 1.